The maximum absolute atomic E-state index is 10.6. The average molecular weight is 417 g/mol. The average Bonchev–Trinajstić information content (AvgIpc) is 3.27. The highest BCUT2D eigenvalue weighted by Gasteiger charge is 2.31. The fourth-order valence-corrected chi connectivity index (χ4v) is 3.99. The first-order valence-corrected chi connectivity index (χ1v) is 10.5. The van der Waals surface area contributed by atoms with Crippen molar-refractivity contribution in [3.63, 3.8) is 0 Å². The predicted octanol–water partition coefficient (Wildman–Crippen LogP) is 5.32. The van der Waals surface area contributed by atoms with Crippen molar-refractivity contribution in [1.29, 1.82) is 5.26 Å². The molecule has 0 spiro atoms. The number of rotatable bonds is 6. The molecule has 4 rings (SSSR count). The summed E-state index contributed by atoms with van der Waals surface area (Å²) in [5.74, 6) is 0.229. The summed E-state index contributed by atoms with van der Waals surface area (Å²) < 4.78 is 5.70. The molecule has 2 aromatic carbocycles. The standard InChI is InChI=1S/C23H20N4O2S/c1-3-23(28,4-2)21-26-27-22(29-21)30-17-10-11-18-19(15-8-6-5-7-9-15)12-16(14-24)25-20(18)13-17/h5-13,28H,3-4H2,1-2H3. The van der Waals surface area contributed by atoms with Gasteiger partial charge in [0.1, 0.15) is 17.4 Å². The van der Waals surface area contributed by atoms with Gasteiger partial charge in [-0.1, -0.05) is 50.2 Å². The highest BCUT2D eigenvalue weighted by molar-refractivity contribution is 7.99. The lowest BCUT2D eigenvalue weighted by molar-refractivity contribution is -0.00117. The first kappa shape index (κ1) is 20.1. The van der Waals surface area contributed by atoms with Crippen LogP contribution in [-0.2, 0) is 5.60 Å². The van der Waals surface area contributed by atoms with Crippen LogP contribution in [0.15, 0.2) is 69.1 Å². The topological polar surface area (TPSA) is 95.8 Å². The Morgan fingerprint density at radius 3 is 2.53 bits per heavy atom. The van der Waals surface area contributed by atoms with Crippen LogP contribution in [-0.4, -0.2) is 20.3 Å². The minimum atomic E-state index is -1.11. The lowest BCUT2D eigenvalue weighted by Gasteiger charge is -2.19. The van der Waals surface area contributed by atoms with E-state index >= 15 is 0 Å². The van der Waals surface area contributed by atoms with E-state index in [1.807, 2.05) is 68.4 Å². The molecule has 0 amide bonds. The Kier molecular flexibility index (Phi) is 5.53. The van der Waals surface area contributed by atoms with Gasteiger partial charge in [-0.2, -0.15) is 5.26 Å². The van der Waals surface area contributed by atoms with E-state index in [2.05, 4.69) is 21.3 Å². The van der Waals surface area contributed by atoms with Crippen molar-refractivity contribution in [2.75, 3.05) is 0 Å². The molecular formula is C23H20N4O2S. The lowest BCUT2D eigenvalue weighted by atomic mass is 9.98. The summed E-state index contributed by atoms with van der Waals surface area (Å²) in [4.78, 5) is 5.33. The molecule has 0 atom stereocenters. The van der Waals surface area contributed by atoms with E-state index < -0.39 is 5.60 Å². The third-order valence-electron chi connectivity index (χ3n) is 5.16. The summed E-state index contributed by atoms with van der Waals surface area (Å²) in [7, 11) is 0. The van der Waals surface area contributed by atoms with E-state index in [4.69, 9.17) is 4.42 Å². The summed E-state index contributed by atoms with van der Waals surface area (Å²) in [6.07, 6.45) is 0.990. The van der Waals surface area contributed by atoms with Crippen molar-refractivity contribution in [2.24, 2.45) is 0 Å². The number of nitrogens with zero attached hydrogens (tertiary/aromatic N) is 4. The molecule has 150 valence electrons. The second-order valence-electron chi connectivity index (χ2n) is 6.93. The smallest absolute Gasteiger partial charge is 0.281 e. The zero-order valence-electron chi connectivity index (χ0n) is 16.7. The Morgan fingerprint density at radius 2 is 1.83 bits per heavy atom. The highest BCUT2D eigenvalue weighted by Crippen LogP contribution is 2.35. The van der Waals surface area contributed by atoms with Crippen molar-refractivity contribution >= 4 is 22.7 Å². The van der Waals surface area contributed by atoms with Gasteiger partial charge in [0.25, 0.3) is 5.22 Å². The molecule has 2 aromatic heterocycles. The molecule has 1 N–H and O–H groups in total. The highest BCUT2D eigenvalue weighted by atomic mass is 32.2. The zero-order chi connectivity index (χ0) is 21.1. The molecule has 7 heteroatoms. The van der Waals surface area contributed by atoms with E-state index in [1.54, 1.807) is 0 Å². The first-order valence-electron chi connectivity index (χ1n) is 9.71. The van der Waals surface area contributed by atoms with Gasteiger partial charge < -0.3 is 9.52 Å². The molecular weight excluding hydrogens is 396 g/mol. The Balaban J connectivity index is 1.71. The maximum Gasteiger partial charge on any atom is 0.281 e. The van der Waals surface area contributed by atoms with Crippen molar-refractivity contribution < 1.29 is 9.52 Å². The van der Waals surface area contributed by atoms with Gasteiger partial charge in [-0.25, -0.2) is 4.98 Å². The molecule has 0 bridgehead atoms. The van der Waals surface area contributed by atoms with Gasteiger partial charge in [-0.3, -0.25) is 0 Å². The van der Waals surface area contributed by atoms with Gasteiger partial charge in [0.15, 0.2) is 0 Å². The van der Waals surface area contributed by atoms with E-state index in [0.717, 1.165) is 26.9 Å². The van der Waals surface area contributed by atoms with E-state index in [9.17, 15) is 10.4 Å². The van der Waals surface area contributed by atoms with Crippen LogP contribution in [0, 0.1) is 11.3 Å². The number of hydrogen-bond donors (Lipinski definition) is 1. The molecule has 0 aliphatic rings. The number of benzene rings is 2. The normalized spacial score (nSPS) is 11.5. The minimum Gasteiger partial charge on any atom is -0.412 e. The van der Waals surface area contributed by atoms with Crippen LogP contribution in [0.25, 0.3) is 22.0 Å². The number of aliphatic hydroxyl groups is 1. The molecule has 0 saturated carbocycles. The summed E-state index contributed by atoms with van der Waals surface area (Å²) in [5.41, 5.74) is 1.96. The number of aromatic nitrogens is 3. The zero-order valence-corrected chi connectivity index (χ0v) is 17.5. The van der Waals surface area contributed by atoms with Gasteiger partial charge in [0, 0.05) is 10.3 Å². The predicted molar refractivity (Wildman–Crippen MR) is 115 cm³/mol. The van der Waals surface area contributed by atoms with Gasteiger partial charge >= 0.3 is 0 Å². The fraction of sp³-hybridized carbons (Fsp3) is 0.217. The molecule has 0 radical (unpaired) electrons. The van der Waals surface area contributed by atoms with Crippen LogP contribution in [0.3, 0.4) is 0 Å². The Hall–Kier alpha value is -3.21. The molecule has 0 unspecified atom stereocenters. The van der Waals surface area contributed by atoms with Crippen LogP contribution in [0.2, 0.25) is 0 Å². The quantitative estimate of drug-likeness (QED) is 0.455. The van der Waals surface area contributed by atoms with E-state index in [-0.39, 0.29) is 5.89 Å². The third-order valence-corrected chi connectivity index (χ3v) is 5.99. The summed E-state index contributed by atoms with van der Waals surface area (Å²) >= 11 is 1.30. The number of nitriles is 1. The Bertz CT molecular complexity index is 1230. The van der Waals surface area contributed by atoms with Crippen LogP contribution < -0.4 is 0 Å². The van der Waals surface area contributed by atoms with Crippen LogP contribution >= 0.6 is 11.8 Å². The number of fused-ring (bicyclic) bond motifs is 1. The molecule has 0 fully saturated rings. The molecule has 6 nitrogen and oxygen atoms in total. The SMILES string of the molecule is CCC(O)(CC)c1nnc(Sc2ccc3c(-c4ccccc4)cc(C#N)nc3c2)o1. The summed E-state index contributed by atoms with van der Waals surface area (Å²) in [6.45, 7) is 3.76. The molecule has 30 heavy (non-hydrogen) atoms. The third kappa shape index (κ3) is 3.80. The van der Waals surface area contributed by atoms with E-state index in [1.165, 1.54) is 11.8 Å². The summed E-state index contributed by atoms with van der Waals surface area (Å²) in [5, 5.41) is 29.4. The second-order valence-corrected chi connectivity index (χ2v) is 7.95. The number of pyridine rings is 1. The van der Waals surface area contributed by atoms with Crippen LogP contribution in [0.5, 0.6) is 0 Å². The van der Waals surface area contributed by atoms with Crippen molar-refractivity contribution in [1.82, 2.24) is 15.2 Å². The van der Waals surface area contributed by atoms with Crippen LogP contribution in [0.1, 0.15) is 38.3 Å². The lowest BCUT2D eigenvalue weighted by Crippen LogP contribution is -2.23. The largest absolute Gasteiger partial charge is 0.412 e. The fourth-order valence-electron chi connectivity index (χ4n) is 3.28. The Labute approximate surface area is 178 Å². The van der Waals surface area contributed by atoms with E-state index in [0.29, 0.717) is 23.8 Å². The first-order chi connectivity index (χ1) is 14.6. The molecule has 0 aliphatic carbocycles. The monoisotopic (exact) mass is 416 g/mol. The molecule has 4 aromatic rings. The van der Waals surface area contributed by atoms with Gasteiger partial charge in [-0.05, 0) is 53.9 Å². The van der Waals surface area contributed by atoms with Gasteiger partial charge in [0.05, 0.1) is 5.52 Å². The maximum atomic E-state index is 10.6. The Morgan fingerprint density at radius 1 is 1.07 bits per heavy atom. The van der Waals surface area contributed by atoms with Crippen molar-refractivity contribution in [2.45, 2.75) is 42.4 Å². The minimum absolute atomic E-state index is 0.229. The second kappa shape index (κ2) is 8.27. The van der Waals surface area contributed by atoms with Crippen molar-refractivity contribution in [3.05, 3.63) is 66.2 Å². The van der Waals surface area contributed by atoms with Crippen molar-refractivity contribution in [3.8, 4) is 17.2 Å². The van der Waals surface area contributed by atoms with Crippen LogP contribution in [0.4, 0.5) is 0 Å². The molecule has 0 saturated heterocycles. The van der Waals surface area contributed by atoms with Gasteiger partial charge in [-0.15, -0.1) is 10.2 Å². The number of hydrogen-bond acceptors (Lipinski definition) is 7. The molecule has 2 heterocycles. The summed E-state index contributed by atoms with van der Waals surface area (Å²) in [6, 6.07) is 19.7. The molecule has 0 aliphatic heterocycles. The van der Waals surface area contributed by atoms with Gasteiger partial charge in [0.2, 0.25) is 5.89 Å².